The van der Waals surface area contributed by atoms with Gasteiger partial charge in [-0.05, 0) is 47.0 Å². The molecule has 0 fully saturated rings. The second-order valence-electron chi connectivity index (χ2n) is 12.4. The second kappa shape index (κ2) is 42.1. The molecule has 9 N–H and O–H groups in total. The van der Waals surface area contributed by atoms with Crippen LogP contribution in [-0.4, -0.2) is 66.9 Å². The van der Waals surface area contributed by atoms with Gasteiger partial charge in [-0.15, -0.1) is 0 Å². The maximum atomic E-state index is 11.3. The monoisotopic (exact) mass is 1310 g/mol. The van der Waals surface area contributed by atoms with Crippen molar-refractivity contribution in [1.82, 2.24) is 0 Å². The van der Waals surface area contributed by atoms with Crippen molar-refractivity contribution in [3.05, 3.63) is 193 Å². The van der Waals surface area contributed by atoms with Crippen LogP contribution in [-0.2, 0) is 186 Å². The van der Waals surface area contributed by atoms with Crippen molar-refractivity contribution in [2.45, 2.75) is 53.6 Å². The van der Waals surface area contributed by atoms with Gasteiger partial charge in [0.25, 0.3) is 17.1 Å². The van der Waals surface area contributed by atoms with Crippen LogP contribution in [0.5, 0.6) is 0 Å². The summed E-state index contributed by atoms with van der Waals surface area (Å²) in [6.45, 7) is 3.71. The third-order valence-electron chi connectivity index (χ3n) is 7.97. The van der Waals surface area contributed by atoms with Crippen LogP contribution >= 0.6 is 0 Å². The van der Waals surface area contributed by atoms with Gasteiger partial charge in [0.2, 0.25) is 5.91 Å². The number of nitrogens with two attached hydrogens (primary N) is 1. The number of non-ortho nitro benzene ring substituents is 3. The molecule has 26 nitrogen and oxygen atoms in total. The number of nitro benzene ring substituents is 3. The van der Waals surface area contributed by atoms with Gasteiger partial charge in [-0.1, -0.05) is 13.0 Å². The number of esters is 3. The Morgan fingerprint density at radius 1 is 0.639 bits per heavy atom. The minimum absolute atomic E-state index is 0. The van der Waals surface area contributed by atoms with Gasteiger partial charge in [0.15, 0.2) is 0 Å². The standard InChI is InChI=1S/C13H16N2O4.C10H10N2O5.C8H8N2O4.C8H5NO4.3CH3.H2N.H2O.4Y/c1-3-12(17)15-10-5-4-9(7-19-8(2)16)11(6-10)13(14)18;1-6(13)17-5-7-2-3-8(12(15)16)4-9(7)10(11)14;9-8(12)7-3-6(10(13)14)2-1-5(7)4-11;10-8-7-3-6(9(11)12)2-1-5(7)4-13-8;;;;;;;;;/h4-6H,3,7H2,1-2H3,(H3,14,15,17,18);2-4H,5H2,1H3,(H2,11,14);1-3,11H,4H2,(H2,9,12);1-3H,4H2;3*1H3;2*1H2;;;;/q;;;;4*-1;;;;;/p-3. The van der Waals surface area contributed by atoms with Crippen molar-refractivity contribution >= 4 is 64.3 Å². The number of anilines is 1. The molecule has 72 heavy (non-hydrogen) atoms. The number of aliphatic hydroxyl groups is 1. The van der Waals surface area contributed by atoms with Crippen LogP contribution in [0, 0.1) is 52.6 Å². The number of carbonyl (C=O) groups is 7. The van der Waals surface area contributed by atoms with Crippen molar-refractivity contribution in [3.63, 3.8) is 0 Å². The van der Waals surface area contributed by atoms with Gasteiger partial charge in [-0.3, -0.25) is 44.7 Å². The van der Waals surface area contributed by atoms with Gasteiger partial charge in [-0.2, -0.15) is 0 Å². The Morgan fingerprint density at radius 2 is 1.00 bits per heavy atom. The Kier molecular flexibility index (Phi) is 49.4. The number of nitrogens with one attached hydrogen (secondary N) is 4. The van der Waals surface area contributed by atoms with E-state index in [9.17, 15) is 63.9 Å². The zero-order valence-electron chi connectivity index (χ0n) is 39.7. The average molecular weight is 1310 g/mol. The molecule has 5 rings (SSSR count). The summed E-state index contributed by atoms with van der Waals surface area (Å²) in [7, 11) is 0. The van der Waals surface area contributed by atoms with Gasteiger partial charge < -0.3 is 90.1 Å². The van der Waals surface area contributed by atoms with Gasteiger partial charge in [0, 0.05) is 215 Å². The van der Waals surface area contributed by atoms with Gasteiger partial charge in [-0.25, -0.2) is 4.79 Å². The molecule has 0 aromatic heterocycles. The molecule has 4 radical (unpaired) electrons. The second-order valence-corrected chi connectivity index (χ2v) is 12.4. The van der Waals surface area contributed by atoms with E-state index in [-0.39, 0.29) is 235 Å². The number of rotatable bonds is 13. The molecule has 4 amide bonds. The van der Waals surface area contributed by atoms with E-state index in [4.69, 9.17) is 31.8 Å². The molecule has 1 aliphatic heterocycles. The number of fused-ring (bicyclic) bond motifs is 1. The first-order chi connectivity index (χ1) is 29.6. The van der Waals surface area contributed by atoms with Crippen molar-refractivity contribution < 1.29 is 204 Å². The average Bonchev–Trinajstić information content (AvgIpc) is 3.61. The molecule has 0 bridgehead atoms. The molecule has 1 heterocycles. The molecule has 30 heteroatoms. The number of carbonyl (C=O) groups excluding carboxylic acids is 7. The molecule has 0 aliphatic carbocycles. The molecule has 4 aromatic carbocycles. The number of benzene rings is 4. The smallest absolute Gasteiger partial charge is 0.339 e. The number of aliphatic hydroxyl groups excluding tert-OH is 1. The summed E-state index contributed by atoms with van der Waals surface area (Å²) in [6.07, 6.45) is 0.319. The van der Waals surface area contributed by atoms with Crippen LogP contribution in [0.2, 0.25) is 0 Å². The van der Waals surface area contributed by atoms with E-state index in [1.54, 1.807) is 25.1 Å². The Balaban J connectivity index is -0.000000122. The van der Waals surface area contributed by atoms with Crippen molar-refractivity contribution in [3.8, 4) is 0 Å². The van der Waals surface area contributed by atoms with Crippen molar-refractivity contribution in [1.29, 1.82) is 0 Å². The third-order valence-corrected chi connectivity index (χ3v) is 7.97. The van der Waals surface area contributed by atoms with Crippen LogP contribution in [0.25, 0.3) is 23.4 Å². The van der Waals surface area contributed by atoms with E-state index in [0.29, 0.717) is 28.8 Å². The zero-order chi connectivity index (χ0) is 47.6. The summed E-state index contributed by atoms with van der Waals surface area (Å²) in [4.78, 5) is 106. The van der Waals surface area contributed by atoms with Crippen molar-refractivity contribution in [2.75, 3.05) is 5.32 Å². The molecular formula is C42H49N8O18Y4-7. The Bertz CT molecular complexity index is 2480. The number of hydrogen-bond donors (Lipinski definition) is 2. The molecule has 0 saturated carbocycles. The molecule has 1 aliphatic rings. The summed E-state index contributed by atoms with van der Waals surface area (Å²) in [5, 5.41) is 42.6. The fraction of sp³-hybridized carbons (Fsp3) is 0.190. The van der Waals surface area contributed by atoms with Crippen LogP contribution < -0.4 is 5.32 Å². The first-order valence-electron chi connectivity index (χ1n) is 17.7. The number of amides is 4. The number of nitro groups is 3. The number of nitrogens with zero attached hydrogens (tertiary/aromatic N) is 3. The fourth-order valence-electron chi connectivity index (χ4n) is 4.86. The number of cyclic esters (lactones) is 1. The zero-order valence-corrected chi connectivity index (χ0v) is 51.0. The van der Waals surface area contributed by atoms with Crippen LogP contribution in [0.4, 0.5) is 22.7 Å². The van der Waals surface area contributed by atoms with Crippen LogP contribution in [0.1, 0.15) is 90.9 Å². The maximum absolute atomic E-state index is 11.3. The molecule has 0 unspecified atom stereocenters. The van der Waals surface area contributed by atoms with E-state index in [1.807, 2.05) is 0 Å². The van der Waals surface area contributed by atoms with E-state index in [1.165, 1.54) is 56.3 Å². The van der Waals surface area contributed by atoms with E-state index < -0.39 is 57.0 Å². The van der Waals surface area contributed by atoms with E-state index in [0.717, 1.165) is 12.1 Å². The minimum Gasteiger partial charge on any atom is -0.693 e. The third kappa shape index (κ3) is 28.2. The van der Waals surface area contributed by atoms with E-state index >= 15 is 0 Å². The Morgan fingerprint density at radius 3 is 1.38 bits per heavy atom. The quantitative estimate of drug-likeness (QED) is 0.0422. The topological polar surface area (TPSA) is 445 Å². The fourth-order valence-corrected chi connectivity index (χ4v) is 4.86. The van der Waals surface area contributed by atoms with Crippen molar-refractivity contribution in [2.24, 2.45) is 0 Å². The maximum Gasteiger partial charge on any atom is 0.339 e. The molecule has 0 saturated heterocycles. The molecular weight excluding hydrogens is 1260 g/mol. The number of ether oxygens (including phenoxy) is 3. The molecule has 0 atom stereocenters. The first-order valence-corrected chi connectivity index (χ1v) is 17.7. The summed E-state index contributed by atoms with van der Waals surface area (Å²) in [6, 6.07) is 15.6. The van der Waals surface area contributed by atoms with Crippen LogP contribution in [0.15, 0.2) is 72.8 Å². The largest absolute Gasteiger partial charge is 0.693 e. The van der Waals surface area contributed by atoms with Gasteiger partial charge >= 0.3 is 17.9 Å². The summed E-state index contributed by atoms with van der Waals surface area (Å²) in [5.41, 5.74) is 22.5. The SMILES string of the molecule is CC(=O)OCc1ccc([N+](=O)[O-])cc1C([NH-])=O.CCC(=O)Nc1ccc(COC(C)=O)c(C([NH-])=O)c1.O.O=C1OCc2ccc([N+](=O)[O-])cc21.[CH3-].[CH3-].[CH3-].[NH-]C(=O)c1cc([N+](=O)[O-])ccc1CO.[NH2-].[Y].[Y].[Y].[Y]. The summed E-state index contributed by atoms with van der Waals surface area (Å²) in [5.74, 6) is -4.67. The van der Waals surface area contributed by atoms with Gasteiger partial charge in [0.1, 0.15) is 19.8 Å². The molecule has 384 valence electrons. The molecule has 4 aromatic rings. The predicted molar refractivity (Wildman–Crippen MR) is 245 cm³/mol. The predicted octanol–water partition coefficient (Wildman–Crippen LogP) is 7.92. The Hall–Kier alpha value is -4.33. The minimum atomic E-state index is -1.06. The Labute approximate surface area is 514 Å². The summed E-state index contributed by atoms with van der Waals surface area (Å²) >= 11 is 0. The first kappa shape index (κ1) is 84.5. The van der Waals surface area contributed by atoms with Crippen LogP contribution in [0.3, 0.4) is 0 Å². The van der Waals surface area contributed by atoms with E-state index in [2.05, 4.69) is 10.1 Å². The summed E-state index contributed by atoms with van der Waals surface area (Å²) < 4.78 is 14.2. The van der Waals surface area contributed by atoms with Gasteiger partial charge in [0.05, 0.1) is 44.7 Å². The normalized spacial score (nSPS) is 9.25. The number of hydrogen-bond acceptors (Lipinski definition) is 17. The molecule has 0 spiro atoms.